The Bertz CT molecular complexity index is 628. The van der Waals surface area contributed by atoms with Gasteiger partial charge in [-0.2, -0.15) is 5.10 Å². The van der Waals surface area contributed by atoms with Gasteiger partial charge in [0.1, 0.15) is 5.75 Å². The average Bonchev–Trinajstić information content (AvgIpc) is 2.50. The zero-order chi connectivity index (χ0) is 15.4. The molecule has 0 saturated carbocycles. The van der Waals surface area contributed by atoms with Crippen LogP contribution >= 0.6 is 0 Å². The molecule has 1 heterocycles. The molecule has 21 heavy (non-hydrogen) atoms. The summed E-state index contributed by atoms with van der Waals surface area (Å²) in [5, 5.41) is 8.53. The molecule has 0 aliphatic rings. The van der Waals surface area contributed by atoms with Crippen LogP contribution < -0.4 is 15.4 Å². The predicted octanol–water partition coefficient (Wildman–Crippen LogP) is 2.20. The first-order valence-corrected chi connectivity index (χ1v) is 6.94. The minimum absolute atomic E-state index is 0.452. The number of nitrogens with two attached hydrogens (primary N) is 1. The molecule has 0 bridgehead atoms. The topological polar surface area (TPSA) is 64.3 Å². The van der Waals surface area contributed by atoms with Gasteiger partial charge in [-0.1, -0.05) is 18.2 Å². The molecular weight excluding hydrogens is 264 g/mol. The van der Waals surface area contributed by atoms with Crippen molar-refractivity contribution in [2.75, 3.05) is 19.1 Å². The number of anilines is 1. The molecule has 0 aliphatic heterocycles. The second kappa shape index (κ2) is 6.54. The van der Waals surface area contributed by atoms with Crippen LogP contribution in [-0.2, 0) is 13.1 Å². The van der Waals surface area contributed by atoms with E-state index >= 15 is 0 Å². The van der Waals surface area contributed by atoms with Crippen molar-refractivity contribution in [3.63, 3.8) is 0 Å². The highest BCUT2D eigenvalue weighted by Crippen LogP contribution is 2.25. The molecule has 1 aromatic carbocycles. The smallest absolute Gasteiger partial charge is 0.156 e. The Hall–Kier alpha value is -2.14. The highest BCUT2D eigenvalue weighted by Gasteiger charge is 2.15. The van der Waals surface area contributed by atoms with E-state index in [-0.39, 0.29) is 0 Å². The molecule has 112 valence electrons. The van der Waals surface area contributed by atoms with E-state index in [1.54, 1.807) is 7.11 Å². The number of hydrogen-bond donors (Lipinski definition) is 1. The van der Waals surface area contributed by atoms with Crippen molar-refractivity contribution in [2.45, 2.75) is 26.9 Å². The molecule has 5 heteroatoms. The van der Waals surface area contributed by atoms with E-state index in [4.69, 9.17) is 10.5 Å². The molecule has 0 aliphatic carbocycles. The summed E-state index contributed by atoms with van der Waals surface area (Å²) in [5.41, 5.74) is 10.1. The highest BCUT2D eigenvalue weighted by molar-refractivity contribution is 5.51. The summed E-state index contributed by atoms with van der Waals surface area (Å²) in [6.45, 7) is 5.13. The van der Waals surface area contributed by atoms with E-state index in [9.17, 15) is 0 Å². The summed E-state index contributed by atoms with van der Waals surface area (Å²) in [5.74, 6) is 1.70. The maximum absolute atomic E-state index is 5.89. The number of para-hydroxylation sites is 1. The summed E-state index contributed by atoms with van der Waals surface area (Å²) < 4.78 is 5.39. The molecule has 1 aromatic heterocycles. The van der Waals surface area contributed by atoms with Crippen LogP contribution in [-0.4, -0.2) is 24.4 Å². The number of nitrogens with zero attached hydrogens (tertiary/aromatic N) is 3. The van der Waals surface area contributed by atoms with Crippen molar-refractivity contribution in [1.29, 1.82) is 0 Å². The Morgan fingerprint density at radius 2 is 1.90 bits per heavy atom. The van der Waals surface area contributed by atoms with Crippen molar-refractivity contribution < 1.29 is 4.74 Å². The van der Waals surface area contributed by atoms with Gasteiger partial charge in [-0.05, 0) is 25.5 Å². The zero-order valence-electron chi connectivity index (χ0n) is 13.1. The average molecular weight is 286 g/mol. The van der Waals surface area contributed by atoms with Gasteiger partial charge in [0.15, 0.2) is 5.82 Å². The number of benzene rings is 1. The standard InChI is InChI=1S/C16H22N4O/c1-11-12(2)18-19-16(14(11)9-17)20(3)10-13-7-5-6-8-15(13)21-4/h5-8H,9-10,17H2,1-4H3. The van der Waals surface area contributed by atoms with Gasteiger partial charge >= 0.3 is 0 Å². The lowest BCUT2D eigenvalue weighted by atomic mass is 10.1. The van der Waals surface area contributed by atoms with Gasteiger partial charge < -0.3 is 15.4 Å². The quantitative estimate of drug-likeness (QED) is 0.913. The van der Waals surface area contributed by atoms with Crippen LogP contribution in [0.2, 0.25) is 0 Å². The van der Waals surface area contributed by atoms with E-state index in [2.05, 4.69) is 15.1 Å². The van der Waals surface area contributed by atoms with Crippen LogP contribution in [0.5, 0.6) is 5.75 Å². The fourth-order valence-corrected chi connectivity index (χ4v) is 2.36. The summed E-state index contributed by atoms with van der Waals surface area (Å²) >= 11 is 0. The van der Waals surface area contributed by atoms with Gasteiger partial charge in [0, 0.05) is 31.3 Å². The summed E-state index contributed by atoms with van der Waals surface area (Å²) in [6.07, 6.45) is 0. The molecule has 0 amide bonds. The van der Waals surface area contributed by atoms with Crippen LogP contribution in [0, 0.1) is 13.8 Å². The van der Waals surface area contributed by atoms with E-state index in [1.807, 2.05) is 45.2 Å². The number of ether oxygens (including phenoxy) is 1. The Kier molecular flexibility index (Phi) is 4.75. The fraction of sp³-hybridized carbons (Fsp3) is 0.375. The SMILES string of the molecule is COc1ccccc1CN(C)c1nnc(C)c(C)c1CN. The Morgan fingerprint density at radius 1 is 1.19 bits per heavy atom. The molecular formula is C16H22N4O. The molecule has 0 atom stereocenters. The van der Waals surface area contributed by atoms with Crippen LogP contribution in [0.25, 0.3) is 0 Å². The number of rotatable bonds is 5. The number of aromatic nitrogens is 2. The Labute approximate surface area is 125 Å². The van der Waals surface area contributed by atoms with Gasteiger partial charge in [-0.25, -0.2) is 0 Å². The normalized spacial score (nSPS) is 10.5. The van der Waals surface area contributed by atoms with Crippen molar-refractivity contribution in [2.24, 2.45) is 5.73 Å². The molecule has 5 nitrogen and oxygen atoms in total. The Morgan fingerprint density at radius 3 is 2.57 bits per heavy atom. The Balaban J connectivity index is 2.32. The monoisotopic (exact) mass is 286 g/mol. The molecule has 2 N–H and O–H groups in total. The van der Waals surface area contributed by atoms with Gasteiger partial charge in [-0.3, -0.25) is 0 Å². The number of aryl methyl sites for hydroxylation is 1. The molecule has 2 rings (SSSR count). The van der Waals surface area contributed by atoms with Crippen molar-refractivity contribution in [3.05, 3.63) is 46.6 Å². The van der Waals surface area contributed by atoms with E-state index in [0.717, 1.165) is 34.0 Å². The molecule has 0 spiro atoms. The van der Waals surface area contributed by atoms with Crippen molar-refractivity contribution in [1.82, 2.24) is 10.2 Å². The van der Waals surface area contributed by atoms with Crippen LogP contribution in [0.1, 0.15) is 22.4 Å². The van der Waals surface area contributed by atoms with Gasteiger partial charge in [-0.15, -0.1) is 5.10 Å². The van der Waals surface area contributed by atoms with E-state index in [0.29, 0.717) is 13.1 Å². The zero-order valence-corrected chi connectivity index (χ0v) is 13.1. The van der Waals surface area contributed by atoms with Gasteiger partial charge in [0.05, 0.1) is 12.8 Å². The van der Waals surface area contributed by atoms with Crippen molar-refractivity contribution >= 4 is 5.82 Å². The third-order valence-electron chi connectivity index (χ3n) is 3.73. The van der Waals surface area contributed by atoms with Crippen molar-refractivity contribution in [3.8, 4) is 5.75 Å². The summed E-state index contributed by atoms with van der Waals surface area (Å²) in [7, 11) is 3.67. The second-order valence-electron chi connectivity index (χ2n) is 5.08. The molecule has 0 radical (unpaired) electrons. The lowest BCUT2D eigenvalue weighted by Gasteiger charge is -2.22. The molecule has 0 saturated heterocycles. The van der Waals surface area contributed by atoms with Gasteiger partial charge in [0.2, 0.25) is 0 Å². The number of hydrogen-bond acceptors (Lipinski definition) is 5. The first-order valence-electron chi connectivity index (χ1n) is 6.94. The summed E-state index contributed by atoms with van der Waals surface area (Å²) in [6, 6.07) is 7.97. The highest BCUT2D eigenvalue weighted by atomic mass is 16.5. The lowest BCUT2D eigenvalue weighted by molar-refractivity contribution is 0.409. The van der Waals surface area contributed by atoms with Crippen LogP contribution in [0.15, 0.2) is 24.3 Å². The maximum atomic E-state index is 5.89. The third-order valence-corrected chi connectivity index (χ3v) is 3.73. The predicted molar refractivity (Wildman–Crippen MR) is 84.5 cm³/mol. The molecule has 2 aromatic rings. The second-order valence-corrected chi connectivity index (χ2v) is 5.08. The minimum atomic E-state index is 0.452. The van der Waals surface area contributed by atoms with Crippen LogP contribution in [0.4, 0.5) is 5.82 Å². The lowest BCUT2D eigenvalue weighted by Crippen LogP contribution is -2.22. The molecule has 0 unspecified atom stereocenters. The minimum Gasteiger partial charge on any atom is -0.496 e. The largest absolute Gasteiger partial charge is 0.496 e. The van der Waals surface area contributed by atoms with E-state index in [1.165, 1.54) is 0 Å². The van der Waals surface area contributed by atoms with Gasteiger partial charge in [0.25, 0.3) is 0 Å². The first kappa shape index (κ1) is 15.3. The fourth-order valence-electron chi connectivity index (χ4n) is 2.36. The molecule has 0 fully saturated rings. The van der Waals surface area contributed by atoms with Crippen LogP contribution in [0.3, 0.4) is 0 Å². The maximum Gasteiger partial charge on any atom is 0.156 e. The first-order chi connectivity index (χ1) is 10.1. The summed E-state index contributed by atoms with van der Waals surface area (Å²) in [4.78, 5) is 2.06. The third kappa shape index (κ3) is 3.13. The van der Waals surface area contributed by atoms with E-state index < -0.39 is 0 Å². The number of methoxy groups -OCH3 is 1.